The first kappa shape index (κ1) is 21.8. The third-order valence-electron chi connectivity index (χ3n) is 3.70. The van der Waals surface area contributed by atoms with Crippen LogP contribution in [0.5, 0.6) is 0 Å². The summed E-state index contributed by atoms with van der Waals surface area (Å²) in [4.78, 5) is 23.4. The zero-order chi connectivity index (χ0) is 21.2. The maximum Gasteiger partial charge on any atom is 0.349 e. The normalized spacial score (nSPS) is 11.2. The molecule has 11 heteroatoms. The standard InChI is InChI=1S/C17H18F2N2O5S2/c1-5-26-17(23)15-16(8(2)9(3)27-15)28(24,25)21-12-7-6-11(18)14(13(12)19)20-10(4)22/h6-7,21H,5H2,1-4H3,(H,20,22). The molecular weight excluding hydrogens is 414 g/mol. The summed E-state index contributed by atoms with van der Waals surface area (Å²) in [5.41, 5.74) is -1.05. The maximum absolute atomic E-state index is 14.6. The molecule has 0 bridgehead atoms. The van der Waals surface area contributed by atoms with Crippen LogP contribution >= 0.6 is 11.3 Å². The quantitative estimate of drug-likeness (QED) is 0.680. The molecule has 0 saturated heterocycles. The van der Waals surface area contributed by atoms with Crippen molar-refractivity contribution in [2.75, 3.05) is 16.6 Å². The van der Waals surface area contributed by atoms with Crippen molar-refractivity contribution in [3.63, 3.8) is 0 Å². The Bertz CT molecular complexity index is 1050. The molecule has 7 nitrogen and oxygen atoms in total. The van der Waals surface area contributed by atoms with Crippen molar-refractivity contribution >= 4 is 44.6 Å². The molecule has 0 radical (unpaired) electrons. The molecule has 152 valence electrons. The van der Waals surface area contributed by atoms with Gasteiger partial charge in [-0.1, -0.05) is 0 Å². The largest absolute Gasteiger partial charge is 0.462 e. The summed E-state index contributed by atoms with van der Waals surface area (Å²) >= 11 is 0.940. The van der Waals surface area contributed by atoms with Crippen molar-refractivity contribution in [3.8, 4) is 0 Å². The van der Waals surface area contributed by atoms with Crippen LogP contribution in [-0.4, -0.2) is 26.9 Å². The van der Waals surface area contributed by atoms with Crippen molar-refractivity contribution in [3.05, 3.63) is 39.1 Å². The van der Waals surface area contributed by atoms with E-state index in [0.29, 0.717) is 10.4 Å². The molecule has 2 aromatic rings. The van der Waals surface area contributed by atoms with Crippen LogP contribution < -0.4 is 10.0 Å². The molecule has 28 heavy (non-hydrogen) atoms. The van der Waals surface area contributed by atoms with Gasteiger partial charge in [0.05, 0.1) is 12.3 Å². The monoisotopic (exact) mass is 432 g/mol. The highest BCUT2D eigenvalue weighted by molar-refractivity contribution is 7.93. The van der Waals surface area contributed by atoms with Crippen LogP contribution in [0.4, 0.5) is 20.2 Å². The van der Waals surface area contributed by atoms with Gasteiger partial charge in [0.1, 0.15) is 21.3 Å². The average molecular weight is 432 g/mol. The van der Waals surface area contributed by atoms with Crippen molar-refractivity contribution in [2.45, 2.75) is 32.6 Å². The second kappa shape index (κ2) is 8.23. The minimum atomic E-state index is -4.41. The van der Waals surface area contributed by atoms with Gasteiger partial charge >= 0.3 is 5.97 Å². The second-order valence-electron chi connectivity index (χ2n) is 5.73. The number of nitrogens with one attached hydrogen (secondary N) is 2. The summed E-state index contributed by atoms with van der Waals surface area (Å²) in [5.74, 6) is -3.90. The Morgan fingerprint density at radius 1 is 1.21 bits per heavy atom. The fourth-order valence-electron chi connectivity index (χ4n) is 2.38. The molecule has 0 atom stereocenters. The van der Waals surface area contributed by atoms with Crippen LogP contribution in [-0.2, 0) is 19.6 Å². The number of hydrogen-bond donors (Lipinski definition) is 2. The number of esters is 1. The van der Waals surface area contributed by atoms with Gasteiger partial charge in [-0.2, -0.15) is 0 Å². The lowest BCUT2D eigenvalue weighted by Crippen LogP contribution is -2.19. The fraction of sp³-hybridized carbons (Fsp3) is 0.294. The van der Waals surface area contributed by atoms with Crippen LogP contribution in [0.2, 0.25) is 0 Å². The van der Waals surface area contributed by atoms with Gasteiger partial charge in [-0.3, -0.25) is 9.52 Å². The van der Waals surface area contributed by atoms with Gasteiger partial charge in [0.25, 0.3) is 10.0 Å². The van der Waals surface area contributed by atoms with Gasteiger partial charge in [0, 0.05) is 11.8 Å². The second-order valence-corrected chi connectivity index (χ2v) is 8.58. The van der Waals surface area contributed by atoms with Crippen molar-refractivity contribution in [2.24, 2.45) is 0 Å². The molecular formula is C17H18F2N2O5S2. The van der Waals surface area contributed by atoms with Gasteiger partial charge in [0.2, 0.25) is 5.91 Å². The lowest BCUT2D eigenvalue weighted by atomic mass is 10.2. The Morgan fingerprint density at radius 2 is 1.86 bits per heavy atom. The number of benzene rings is 1. The van der Waals surface area contributed by atoms with Gasteiger partial charge in [-0.25, -0.2) is 22.0 Å². The van der Waals surface area contributed by atoms with E-state index in [9.17, 15) is 26.8 Å². The Hall–Kier alpha value is -2.53. The van der Waals surface area contributed by atoms with Crippen LogP contribution in [0.3, 0.4) is 0 Å². The number of ether oxygens (including phenoxy) is 1. The number of aryl methyl sites for hydroxylation is 1. The van der Waals surface area contributed by atoms with E-state index in [1.165, 1.54) is 6.92 Å². The number of rotatable bonds is 6. The first-order valence-corrected chi connectivity index (χ1v) is 10.3. The number of thiophene rings is 1. The summed E-state index contributed by atoms with van der Waals surface area (Å²) in [6.45, 7) is 5.82. The summed E-state index contributed by atoms with van der Waals surface area (Å²) in [6.07, 6.45) is 0. The Kier molecular flexibility index (Phi) is 6.40. The van der Waals surface area contributed by atoms with E-state index in [2.05, 4.69) is 0 Å². The van der Waals surface area contributed by atoms with Gasteiger partial charge in [-0.05, 0) is 38.5 Å². The van der Waals surface area contributed by atoms with Crippen molar-refractivity contribution < 1.29 is 31.5 Å². The van der Waals surface area contributed by atoms with Crippen molar-refractivity contribution in [1.82, 2.24) is 0 Å². The minimum Gasteiger partial charge on any atom is -0.462 e. The smallest absolute Gasteiger partial charge is 0.349 e. The number of sulfonamides is 1. The van der Waals surface area contributed by atoms with E-state index in [-0.39, 0.29) is 16.4 Å². The van der Waals surface area contributed by atoms with E-state index in [0.717, 1.165) is 30.4 Å². The zero-order valence-electron chi connectivity index (χ0n) is 15.5. The molecule has 1 heterocycles. The van der Waals surface area contributed by atoms with E-state index < -0.39 is 44.9 Å². The van der Waals surface area contributed by atoms with E-state index in [4.69, 9.17) is 4.74 Å². The summed E-state index contributed by atoms with van der Waals surface area (Å²) in [5, 5.41) is 1.97. The number of carbonyl (C=O) groups is 2. The van der Waals surface area contributed by atoms with Crippen molar-refractivity contribution in [1.29, 1.82) is 0 Å². The predicted molar refractivity (Wildman–Crippen MR) is 101 cm³/mol. The van der Waals surface area contributed by atoms with Gasteiger partial charge < -0.3 is 10.1 Å². The maximum atomic E-state index is 14.6. The van der Waals surface area contributed by atoms with Crippen LogP contribution in [0.1, 0.15) is 34.0 Å². The highest BCUT2D eigenvalue weighted by atomic mass is 32.2. The summed E-state index contributed by atoms with van der Waals surface area (Å²) in [7, 11) is -4.41. The number of amides is 1. The molecule has 0 aliphatic heterocycles. The fourth-order valence-corrected chi connectivity index (χ4v) is 5.28. The van der Waals surface area contributed by atoms with Crippen LogP contribution in [0.25, 0.3) is 0 Å². The molecule has 1 amide bonds. The highest BCUT2D eigenvalue weighted by Gasteiger charge is 2.31. The molecule has 1 aromatic carbocycles. The number of carbonyl (C=O) groups excluding carboxylic acids is 2. The molecule has 0 spiro atoms. The van der Waals surface area contributed by atoms with Crippen LogP contribution in [0, 0.1) is 25.5 Å². The number of halogens is 2. The van der Waals surface area contributed by atoms with E-state index in [1.807, 2.05) is 10.0 Å². The lowest BCUT2D eigenvalue weighted by molar-refractivity contribution is -0.114. The molecule has 0 fully saturated rings. The first-order chi connectivity index (χ1) is 13.0. The van der Waals surface area contributed by atoms with E-state index >= 15 is 0 Å². The van der Waals surface area contributed by atoms with Gasteiger partial charge in [-0.15, -0.1) is 11.3 Å². The molecule has 0 unspecified atom stereocenters. The SMILES string of the molecule is CCOC(=O)c1sc(C)c(C)c1S(=O)(=O)Nc1ccc(F)c(NC(C)=O)c1F. The molecule has 0 aliphatic carbocycles. The summed E-state index contributed by atoms with van der Waals surface area (Å²) in [6, 6.07) is 1.69. The van der Waals surface area contributed by atoms with Gasteiger partial charge in [0.15, 0.2) is 5.82 Å². The topological polar surface area (TPSA) is 102 Å². The molecule has 0 saturated carbocycles. The van der Waals surface area contributed by atoms with E-state index in [1.54, 1.807) is 13.8 Å². The highest BCUT2D eigenvalue weighted by Crippen LogP contribution is 2.34. The number of anilines is 2. The minimum absolute atomic E-state index is 0.0500. The molecule has 2 N–H and O–H groups in total. The third kappa shape index (κ3) is 4.30. The Balaban J connectivity index is 2.54. The third-order valence-corrected chi connectivity index (χ3v) is 6.55. The average Bonchev–Trinajstić information content (AvgIpc) is 2.90. The summed E-state index contributed by atoms with van der Waals surface area (Å²) < 4.78 is 61.0. The van der Waals surface area contributed by atoms with Crippen LogP contribution in [0.15, 0.2) is 17.0 Å². The zero-order valence-corrected chi connectivity index (χ0v) is 17.1. The Morgan fingerprint density at radius 3 is 2.43 bits per heavy atom. The number of hydrogen-bond acceptors (Lipinski definition) is 6. The first-order valence-electron chi connectivity index (χ1n) is 8.05. The molecule has 0 aliphatic rings. The predicted octanol–water partition coefficient (Wildman–Crippen LogP) is 3.58. The molecule has 1 aromatic heterocycles. The Labute approximate surface area is 164 Å². The molecule has 2 rings (SSSR count). The lowest BCUT2D eigenvalue weighted by Gasteiger charge is -2.13.